The summed E-state index contributed by atoms with van der Waals surface area (Å²) < 4.78 is 0. The highest BCUT2D eigenvalue weighted by Crippen LogP contribution is 2.22. The molecule has 2 rings (SSSR count). The number of nitrogens with one attached hydrogen (secondary N) is 2. The van der Waals surface area contributed by atoms with Crippen molar-refractivity contribution in [2.45, 2.75) is 32.2 Å². The first-order valence-corrected chi connectivity index (χ1v) is 6.49. The van der Waals surface area contributed by atoms with Crippen LogP contribution in [0.1, 0.15) is 35.7 Å². The molecule has 1 aromatic rings. The number of fused-ring (bicyclic) bond motifs is 1. The molecule has 4 heteroatoms. The van der Waals surface area contributed by atoms with Gasteiger partial charge in [-0.1, -0.05) is 0 Å². The third-order valence-electron chi connectivity index (χ3n) is 3.25. The Morgan fingerprint density at radius 3 is 3.17 bits per heavy atom. The molecule has 3 N–H and O–H groups in total. The molecule has 0 spiro atoms. The Bertz CT molecular complexity index is 432. The van der Waals surface area contributed by atoms with Crippen molar-refractivity contribution >= 4 is 11.6 Å². The lowest BCUT2D eigenvalue weighted by molar-refractivity contribution is 0.0936. The minimum Gasteiger partial charge on any atom is -0.396 e. The highest BCUT2D eigenvalue weighted by atomic mass is 16.2. The third-order valence-corrected chi connectivity index (χ3v) is 3.25. The number of rotatable bonds is 5. The van der Waals surface area contributed by atoms with E-state index in [1.54, 1.807) is 0 Å². The van der Waals surface area contributed by atoms with Crippen LogP contribution in [0.3, 0.4) is 0 Å². The van der Waals surface area contributed by atoms with Gasteiger partial charge in [0.15, 0.2) is 0 Å². The van der Waals surface area contributed by atoms with E-state index in [9.17, 15) is 4.79 Å². The number of benzene rings is 1. The van der Waals surface area contributed by atoms with Crippen LogP contribution in [-0.4, -0.2) is 30.2 Å². The Balaban J connectivity index is 1.96. The largest absolute Gasteiger partial charge is 0.396 e. The summed E-state index contributed by atoms with van der Waals surface area (Å²) in [5.74, 6) is -0.0323. The Kier molecular flexibility index (Phi) is 4.20. The van der Waals surface area contributed by atoms with Crippen LogP contribution in [0.15, 0.2) is 18.2 Å². The number of amides is 1. The number of hydrogen-bond acceptors (Lipinski definition) is 3. The quantitative estimate of drug-likeness (QED) is 0.741. The van der Waals surface area contributed by atoms with Crippen molar-refractivity contribution in [2.75, 3.05) is 18.5 Å². The number of carbonyl (C=O) groups is 1. The standard InChI is InChI=1S/C14H20N2O2/c1-10(3-2-8-17)16-14(18)12-4-5-13-11(9-12)6-7-15-13/h4-5,9-10,15,17H,2-3,6-8H2,1H3,(H,16,18). The second-order valence-electron chi connectivity index (χ2n) is 4.79. The van der Waals surface area contributed by atoms with Crippen molar-refractivity contribution in [3.8, 4) is 0 Å². The first kappa shape index (κ1) is 12.9. The second-order valence-corrected chi connectivity index (χ2v) is 4.79. The highest BCUT2D eigenvalue weighted by Gasteiger charge is 2.14. The predicted octanol–water partition coefficient (Wildman–Crippen LogP) is 1.55. The zero-order valence-electron chi connectivity index (χ0n) is 10.7. The van der Waals surface area contributed by atoms with Crippen LogP contribution >= 0.6 is 0 Å². The molecule has 1 aliphatic heterocycles. The van der Waals surface area contributed by atoms with Crippen LogP contribution in [0, 0.1) is 0 Å². The van der Waals surface area contributed by atoms with E-state index < -0.39 is 0 Å². The summed E-state index contributed by atoms with van der Waals surface area (Å²) >= 11 is 0. The molecule has 1 amide bonds. The maximum Gasteiger partial charge on any atom is 0.251 e. The zero-order chi connectivity index (χ0) is 13.0. The molecule has 0 saturated heterocycles. The van der Waals surface area contributed by atoms with E-state index in [0.717, 1.165) is 31.5 Å². The number of aliphatic hydroxyl groups is 1. The molecule has 98 valence electrons. The minimum atomic E-state index is -0.0323. The summed E-state index contributed by atoms with van der Waals surface area (Å²) in [6.45, 7) is 3.08. The van der Waals surface area contributed by atoms with Crippen LogP contribution < -0.4 is 10.6 Å². The van der Waals surface area contributed by atoms with Gasteiger partial charge in [0.1, 0.15) is 0 Å². The topological polar surface area (TPSA) is 61.4 Å². The van der Waals surface area contributed by atoms with Gasteiger partial charge < -0.3 is 15.7 Å². The first-order chi connectivity index (χ1) is 8.70. The molecule has 4 nitrogen and oxygen atoms in total. The summed E-state index contributed by atoms with van der Waals surface area (Å²) in [7, 11) is 0. The van der Waals surface area contributed by atoms with Gasteiger partial charge in [-0.2, -0.15) is 0 Å². The van der Waals surface area contributed by atoms with Gasteiger partial charge in [-0.3, -0.25) is 4.79 Å². The molecule has 0 aromatic heterocycles. The van der Waals surface area contributed by atoms with Gasteiger partial charge in [0, 0.05) is 30.4 Å². The molecule has 0 bridgehead atoms. The Hall–Kier alpha value is -1.55. The average molecular weight is 248 g/mol. The maximum atomic E-state index is 12.0. The molecule has 18 heavy (non-hydrogen) atoms. The van der Waals surface area contributed by atoms with Crippen molar-refractivity contribution in [3.63, 3.8) is 0 Å². The van der Waals surface area contributed by atoms with Gasteiger partial charge in [-0.15, -0.1) is 0 Å². The fourth-order valence-electron chi connectivity index (χ4n) is 2.22. The van der Waals surface area contributed by atoms with Crippen LogP contribution in [0.2, 0.25) is 0 Å². The summed E-state index contributed by atoms with van der Waals surface area (Å²) in [4.78, 5) is 12.0. The van der Waals surface area contributed by atoms with E-state index in [1.807, 2.05) is 25.1 Å². The molecule has 1 heterocycles. The molecule has 1 aromatic carbocycles. The molecule has 1 atom stereocenters. The molecule has 0 saturated carbocycles. The van der Waals surface area contributed by atoms with E-state index in [-0.39, 0.29) is 18.6 Å². The SMILES string of the molecule is CC(CCCO)NC(=O)c1ccc2c(c1)CCN2. The van der Waals surface area contributed by atoms with E-state index in [2.05, 4.69) is 10.6 Å². The lowest BCUT2D eigenvalue weighted by atomic mass is 10.1. The molecule has 1 aliphatic rings. The minimum absolute atomic E-state index is 0.0323. The van der Waals surface area contributed by atoms with Crippen molar-refractivity contribution in [1.29, 1.82) is 0 Å². The number of carbonyl (C=O) groups excluding carboxylic acids is 1. The monoisotopic (exact) mass is 248 g/mol. The predicted molar refractivity (Wildman–Crippen MR) is 71.9 cm³/mol. The lowest BCUT2D eigenvalue weighted by Gasteiger charge is -2.13. The molecule has 0 fully saturated rings. The molecule has 0 aliphatic carbocycles. The Labute approximate surface area is 107 Å². The Morgan fingerprint density at radius 1 is 1.56 bits per heavy atom. The summed E-state index contributed by atoms with van der Waals surface area (Å²) in [6.07, 6.45) is 2.50. The Morgan fingerprint density at radius 2 is 2.39 bits per heavy atom. The fourth-order valence-corrected chi connectivity index (χ4v) is 2.22. The zero-order valence-corrected chi connectivity index (χ0v) is 10.7. The average Bonchev–Trinajstić information content (AvgIpc) is 2.83. The smallest absolute Gasteiger partial charge is 0.251 e. The van der Waals surface area contributed by atoms with E-state index in [4.69, 9.17) is 5.11 Å². The van der Waals surface area contributed by atoms with Gasteiger partial charge in [0.2, 0.25) is 0 Å². The number of aliphatic hydroxyl groups excluding tert-OH is 1. The van der Waals surface area contributed by atoms with Gasteiger partial charge in [-0.25, -0.2) is 0 Å². The van der Waals surface area contributed by atoms with Gasteiger partial charge in [-0.05, 0) is 49.9 Å². The normalized spacial score (nSPS) is 14.8. The molecule has 1 unspecified atom stereocenters. The number of anilines is 1. The summed E-state index contributed by atoms with van der Waals surface area (Å²) in [6, 6.07) is 5.88. The van der Waals surface area contributed by atoms with Gasteiger partial charge in [0.25, 0.3) is 5.91 Å². The fraction of sp³-hybridized carbons (Fsp3) is 0.500. The van der Waals surface area contributed by atoms with Crippen molar-refractivity contribution in [1.82, 2.24) is 5.32 Å². The van der Waals surface area contributed by atoms with Crippen molar-refractivity contribution in [3.05, 3.63) is 29.3 Å². The third kappa shape index (κ3) is 3.01. The molecule has 0 radical (unpaired) electrons. The van der Waals surface area contributed by atoms with Gasteiger partial charge >= 0.3 is 0 Å². The second kappa shape index (κ2) is 5.87. The highest BCUT2D eigenvalue weighted by molar-refractivity contribution is 5.95. The lowest BCUT2D eigenvalue weighted by Crippen LogP contribution is -2.32. The van der Waals surface area contributed by atoms with E-state index >= 15 is 0 Å². The molecular formula is C14H20N2O2. The molecular weight excluding hydrogens is 228 g/mol. The van der Waals surface area contributed by atoms with Crippen molar-refractivity contribution in [2.24, 2.45) is 0 Å². The van der Waals surface area contributed by atoms with Crippen LogP contribution in [-0.2, 0) is 6.42 Å². The van der Waals surface area contributed by atoms with E-state index in [1.165, 1.54) is 5.56 Å². The van der Waals surface area contributed by atoms with Crippen LogP contribution in [0.25, 0.3) is 0 Å². The maximum absolute atomic E-state index is 12.0. The van der Waals surface area contributed by atoms with Crippen molar-refractivity contribution < 1.29 is 9.90 Å². The van der Waals surface area contributed by atoms with Crippen LogP contribution in [0.5, 0.6) is 0 Å². The first-order valence-electron chi connectivity index (χ1n) is 6.49. The van der Waals surface area contributed by atoms with Crippen LogP contribution in [0.4, 0.5) is 5.69 Å². The van der Waals surface area contributed by atoms with Gasteiger partial charge in [0.05, 0.1) is 0 Å². The summed E-state index contributed by atoms with van der Waals surface area (Å²) in [5, 5.41) is 15.0. The summed E-state index contributed by atoms with van der Waals surface area (Å²) in [5.41, 5.74) is 3.07. The number of hydrogen-bond donors (Lipinski definition) is 3. The van der Waals surface area contributed by atoms with E-state index in [0.29, 0.717) is 5.56 Å².